The van der Waals surface area contributed by atoms with Crippen molar-refractivity contribution in [2.45, 2.75) is 20.3 Å². The fraction of sp³-hybridized carbons (Fsp3) is 0.571. The lowest BCUT2D eigenvalue weighted by atomic mass is 9.89. The van der Waals surface area contributed by atoms with Crippen LogP contribution in [0, 0.1) is 11.8 Å². The molecule has 0 aliphatic carbocycles. The summed E-state index contributed by atoms with van der Waals surface area (Å²) in [6.07, 6.45) is 1.11. The molecule has 1 aromatic rings. The molecule has 0 radical (unpaired) electrons. The topological polar surface area (TPSA) is 32.3 Å². The van der Waals surface area contributed by atoms with Gasteiger partial charge in [-0.15, -0.1) is 0 Å². The molecule has 0 fully saturated rings. The van der Waals surface area contributed by atoms with Crippen molar-refractivity contribution in [3.05, 3.63) is 35.9 Å². The number of benzene rings is 1. The van der Waals surface area contributed by atoms with Crippen LogP contribution < -0.4 is 5.32 Å². The van der Waals surface area contributed by atoms with Crippen LogP contribution in [0.3, 0.4) is 0 Å². The third-order valence-corrected chi connectivity index (χ3v) is 2.98. The summed E-state index contributed by atoms with van der Waals surface area (Å²) in [5.74, 6) is 1.29. The fourth-order valence-corrected chi connectivity index (χ4v) is 1.83. The van der Waals surface area contributed by atoms with E-state index < -0.39 is 0 Å². The van der Waals surface area contributed by atoms with Crippen molar-refractivity contribution in [3.63, 3.8) is 0 Å². The van der Waals surface area contributed by atoms with Gasteiger partial charge in [-0.3, -0.25) is 0 Å². The van der Waals surface area contributed by atoms with Crippen LogP contribution in [-0.4, -0.2) is 24.8 Å². The van der Waals surface area contributed by atoms with Crippen molar-refractivity contribution in [2.24, 2.45) is 11.8 Å². The first-order valence-electron chi connectivity index (χ1n) is 6.09. The molecule has 0 spiro atoms. The highest BCUT2D eigenvalue weighted by atomic mass is 16.3. The molecule has 0 saturated carbocycles. The van der Waals surface area contributed by atoms with E-state index in [9.17, 15) is 0 Å². The zero-order valence-electron chi connectivity index (χ0n) is 10.3. The smallest absolute Gasteiger partial charge is 0.0555 e. The summed E-state index contributed by atoms with van der Waals surface area (Å²) >= 11 is 0. The average molecular weight is 221 g/mol. The van der Waals surface area contributed by atoms with Gasteiger partial charge in [0.1, 0.15) is 0 Å². The zero-order chi connectivity index (χ0) is 11.8. The Hall–Kier alpha value is -0.860. The molecule has 0 heterocycles. The summed E-state index contributed by atoms with van der Waals surface area (Å²) in [6.45, 7) is 6.41. The third-order valence-electron chi connectivity index (χ3n) is 2.98. The van der Waals surface area contributed by atoms with E-state index in [1.165, 1.54) is 5.56 Å². The van der Waals surface area contributed by atoms with Gasteiger partial charge in [0.25, 0.3) is 0 Å². The summed E-state index contributed by atoms with van der Waals surface area (Å²) in [5, 5.41) is 12.0. The Morgan fingerprint density at radius 1 is 1.19 bits per heavy atom. The highest BCUT2D eigenvalue weighted by molar-refractivity contribution is 5.15. The molecule has 1 unspecified atom stereocenters. The second-order valence-corrected chi connectivity index (χ2v) is 4.62. The molecule has 90 valence electrons. The third kappa shape index (κ3) is 4.77. The van der Waals surface area contributed by atoms with Crippen molar-refractivity contribution < 1.29 is 5.11 Å². The molecular formula is C14H23NO. The van der Waals surface area contributed by atoms with Gasteiger partial charge in [0.05, 0.1) is 6.61 Å². The van der Waals surface area contributed by atoms with Crippen molar-refractivity contribution in [1.29, 1.82) is 0 Å². The highest BCUT2D eigenvalue weighted by Gasteiger charge is 2.13. The van der Waals surface area contributed by atoms with Crippen LogP contribution in [0.2, 0.25) is 0 Å². The number of hydrogen-bond acceptors (Lipinski definition) is 2. The monoisotopic (exact) mass is 221 g/mol. The highest BCUT2D eigenvalue weighted by Crippen LogP contribution is 2.16. The van der Waals surface area contributed by atoms with Crippen LogP contribution in [0.15, 0.2) is 30.3 Å². The number of aliphatic hydroxyl groups is 1. The first-order chi connectivity index (χ1) is 7.74. The SMILES string of the molecule is CC(C)C(CNCCO)Cc1ccccc1. The Kier molecular flexibility index (Phi) is 6.12. The lowest BCUT2D eigenvalue weighted by Crippen LogP contribution is -2.29. The van der Waals surface area contributed by atoms with E-state index in [0.717, 1.165) is 13.0 Å². The van der Waals surface area contributed by atoms with E-state index >= 15 is 0 Å². The molecule has 1 aromatic carbocycles. The van der Waals surface area contributed by atoms with Gasteiger partial charge < -0.3 is 10.4 Å². The van der Waals surface area contributed by atoms with Crippen LogP contribution in [-0.2, 0) is 6.42 Å². The molecule has 2 heteroatoms. The second kappa shape index (κ2) is 7.42. The van der Waals surface area contributed by atoms with Crippen LogP contribution in [0.4, 0.5) is 0 Å². The summed E-state index contributed by atoms with van der Waals surface area (Å²) in [6, 6.07) is 10.6. The van der Waals surface area contributed by atoms with Crippen molar-refractivity contribution in [1.82, 2.24) is 5.32 Å². The Bertz CT molecular complexity index is 271. The molecule has 1 atom stereocenters. The molecule has 1 rings (SSSR count). The van der Waals surface area contributed by atoms with Gasteiger partial charge in [-0.25, -0.2) is 0 Å². The Morgan fingerprint density at radius 3 is 2.44 bits per heavy atom. The maximum atomic E-state index is 8.74. The standard InChI is InChI=1S/C14H23NO/c1-12(2)14(11-15-8-9-16)10-13-6-4-3-5-7-13/h3-7,12,14-16H,8-11H2,1-2H3. The Labute approximate surface area is 98.7 Å². The van der Waals surface area contributed by atoms with E-state index in [1.54, 1.807) is 0 Å². The van der Waals surface area contributed by atoms with E-state index in [1.807, 2.05) is 0 Å². The van der Waals surface area contributed by atoms with Crippen LogP contribution in [0.1, 0.15) is 19.4 Å². The predicted octanol–water partition coefficient (Wildman–Crippen LogP) is 2.08. The Morgan fingerprint density at radius 2 is 1.88 bits per heavy atom. The van der Waals surface area contributed by atoms with Gasteiger partial charge in [0.2, 0.25) is 0 Å². The fourth-order valence-electron chi connectivity index (χ4n) is 1.83. The predicted molar refractivity (Wildman–Crippen MR) is 68.4 cm³/mol. The largest absolute Gasteiger partial charge is 0.395 e. The van der Waals surface area contributed by atoms with E-state index in [-0.39, 0.29) is 6.61 Å². The normalized spacial score (nSPS) is 13.0. The first-order valence-corrected chi connectivity index (χ1v) is 6.09. The maximum absolute atomic E-state index is 8.74. The van der Waals surface area contributed by atoms with Crippen LogP contribution in [0.25, 0.3) is 0 Å². The summed E-state index contributed by atoms with van der Waals surface area (Å²) in [7, 11) is 0. The second-order valence-electron chi connectivity index (χ2n) is 4.62. The molecule has 0 aliphatic rings. The van der Waals surface area contributed by atoms with E-state index in [0.29, 0.717) is 18.4 Å². The van der Waals surface area contributed by atoms with Crippen molar-refractivity contribution in [2.75, 3.05) is 19.7 Å². The number of aliphatic hydroxyl groups excluding tert-OH is 1. The van der Waals surface area contributed by atoms with E-state index in [2.05, 4.69) is 49.5 Å². The molecule has 0 aliphatic heterocycles. The van der Waals surface area contributed by atoms with Crippen LogP contribution in [0.5, 0.6) is 0 Å². The molecule has 0 saturated heterocycles. The van der Waals surface area contributed by atoms with Gasteiger partial charge in [-0.1, -0.05) is 44.2 Å². The molecular weight excluding hydrogens is 198 g/mol. The molecule has 0 aromatic heterocycles. The molecule has 2 nitrogen and oxygen atoms in total. The minimum absolute atomic E-state index is 0.218. The van der Waals surface area contributed by atoms with Gasteiger partial charge in [0, 0.05) is 6.54 Å². The van der Waals surface area contributed by atoms with Gasteiger partial charge in [-0.2, -0.15) is 0 Å². The number of rotatable bonds is 7. The van der Waals surface area contributed by atoms with Crippen molar-refractivity contribution in [3.8, 4) is 0 Å². The van der Waals surface area contributed by atoms with Gasteiger partial charge >= 0.3 is 0 Å². The Balaban J connectivity index is 2.45. The minimum Gasteiger partial charge on any atom is -0.395 e. The lowest BCUT2D eigenvalue weighted by molar-refractivity contribution is 0.279. The van der Waals surface area contributed by atoms with E-state index in [4.69, 9.17) is 5.11 Å². The lowest BCUT2D eigenvalue weighted by Gasteiger charge is -2.21. The summed E-state index contributed by atoms with van der Waals surface area (Å²) < 4.78 is 0. The molecule has 2 N–H and O–H groups in total. The summed E-state index contributed by atoms with van der Waals surface area (Å²) in [5.41, 5.74) is 1.40. The van der Waals surface area contributed by atoms with Crippen LogP contribution >= 0.6 is 0 Å². The molecule has 0 bridgehead atoms. The molecule has 16 heavy (non-hydrogen) atoms. The quantitative estimate of drug-likeness (QED) is 0.691. The van der Waals surface area contributed by atoms with Gasteiger partial charge in [0.15, 0.2) is 0 Å². The van der Waals surface area contributed by atoms with Gasteiger partial charge in [-0.05, 0) is 30.4 Å². The maximum Gasteiger partial charge on any atom is 0.0555 e. The first kappa shape index (κ1) is 13.2. The summed E-state index contributed by atoms with van der Waals surface area (Å²) in [4.78, 5) is 0. The average Bonchev–Trinajstić information content (AvgIpc) is 2.29. The molecule has 0 amide bonds. The minimum atomic E-state index is 0.218. The number of nitrogens with one attached hydrogen (secondary N) is 1. The van der Waals surface area contributed by atoms with Crippen molar-refractivity contribution >= 4 is 0 Å². The zero-order valence-corrected chi connectivity index (χ0v) is 10.3. The number of hydrogen-bond donors (Lipinski definition) is 2.